The molecular weight excluding hydrogens is 444 g/mol. The van der Waals surface area contributed by atoms with Crippen LogP contribution in [0.5, 0.6) is 0 Å². The predicted molar refractivity (Wildman–Crippen MR) is 121 cm³/mol. The first-order valence-electron chi connectivity index (χ1n) is 10.4. The minimum absolute atomic E-state index is 0.551. The molecule has 5 heteroatoms. The minimum atomic E-state index is 0.551. The van der Waals surface area contributed by atoms with Gasteiger partial charge in [-0.15, -0.1) is 0 Å². The molecule has 0 radical (unpaired) electrons. The molecule has 3 aliphatic heterocycles. The smallest absolute Gasteiger partial charge is 0.0947 e. The third-order valence-electron chi connectivity index (χ3n) is 6.70. The summed E-state index contributed by atoms with van der Waals surface area (Å²) in [5, 5.41) is 0. The van der Waals surface area contributed by atoms with Crippen molar-refractivity contribution in [2.45, 2.75) is 60.1 Å². The number of nitrogens with zero attached hydrogens (tertiary/aromatic N) is 2. The Morgan fingerprint density at radius 2 is 1.72 bits per heavy atom. The van der Waals surface area contributed by atoms with Crippen molar-refractivity contribution in [3.63, 3.8) is 0 Å². The minimum Gasteiger partial charge on any atom is -0.472 e. The average Bonchev–Trinajstić information content (AvgIpc) is 3.31. The summed E-state index contributed by atoms with van der Waals surface area (Å²) in [6.07, 6.45) is 8.78. The molecule has 0 spiro atoms. The molecule has 2 aromatic carbocycles. The SMILES string of the molecule is Brc1ccc2c(c1)Sc1ccccc1N2C1CC2CCC(C1)N2Cc1ccoc1. The lowest BCUT2D eigenvalue weighted by atomic mass is 9.94. The molecule has 1 aromatic heterocycles. The molecule has 2 saturated heterocycles. The quantitative estimate of drug-likeness (QED) is 0.420. The number of fused-ring (bicyclic) bond motifs is 4. The Morgan fingerprint density at radius 1 is 0.931 bits per heavy atom. The van der Waals surface area contributed by atoms with Crippen molar-refractivity contribution in [3.05, 3.63) is 71.1 Å². The van der Waals surface area contributed by atoms with Crippen LogP contribution in [0.3, 0.4) is 0 Å². The van der Waals surface area contributed by atoms with E-state index in [1.807, 2.05) is 18.0 Å². The van der Waals surface area contributed by atoms with Gasteiger partial charge < -0.3 is 9.32 Å². The molecular formula is C24H23BrN2OS. The number of anilines is 2. The number of rotatable bonds is 3. The molecule has 3 nitrogen and oxygen atoms in total. The van der Waals surface area contributed by atoms with Gasteiger partial charge in [0, 0.05) is 44.5 Å². The average molecular weight is 467 g/mol. The first kappa shape index (κ1) is 18.1. The lowest BCUT2D eigenvalue weighted by Crippen LogP contribution is -2.49. The summed E-state index contributed by atoms with van der Waals surface area (Å²) >= 11 is 5.56. The van der Waals surface area contributed by atoms with Crippen LogP contribution in [0.4, 0.5) is 11.4 Å². The summed E-state index contributed by atoms with van der Waals surface area (Å²) in [5.74, 6) is 0. The zero-order valence-corrected chi connectivity index (χ0v) is 18.5. The third-order valence-corrected chi connectivity index (χ3v) is 8.30. The van der Waals surface area contributed by atoms with Crippen LogP contribution in [0.25, 0.3) is 0 Å². The summed E-state index contributed by atoms with van der Waals surface area (Å²) in [7, 11) is 0. The number of benzene rings is 2. The third kappa shape index (κ3) is 3.15. The Kier molecular flexibility index (Phi) is 4.51. The van der Waals surface area contributed by atoms with Crippen molar-refractivity contribution in [2.75, 3.05) is 4.90 Å². The van der Waals surface area contributed by atoms with Gasteiger partial charge in [0.05, 0.1) is 23.9 Å². The van der Waals surface area contributed by atoms with Crippen LogP contribution in [0.1, 0.15) is 31.2 Å². The van der Waals surface area contributed by atoms with Gasteiger partial charge in [-0.3, -0.25) is 4.90 Å². The standard InChI is InChI=1S/C24H23BrN2OS/c25-17-5-8-22-24(11-17)29-23-4-2-1-3-21(23)27(22)20-12-18-6-7-19(13-20)26(18)14-16-9-10-28-15-16/h1-5,8-11,15,18-20H,6-7,12-14H2. The lowest BCUT2D eigenvalue weighted by molar-refractivity contribution is 0.119. The summed E-state index contributed by atoms with van der Waals surface area (Å²) in [4.78, 5) is 8.10. The Bertz CT molecular complexity index is 1020. The summed E-state index contributed by atoms with van der Waals surface area (Å²) in [6, 6.07) is 19.6. The van der Waals surface area contributed by atoms with Gasteiger partial charge in [0.25, 0.3) is 0 Å². The van der Waals surface area contributed by atoms with E-state index >= 15 is 0 Å². The highest BCUT2D eigenvalue weighted by atomic mass is 79.9. The van der Waals surface area contributed by atoms with Crippen molar-refractivity contribution < 1.29 is 4.42 Å². The zero-order valence-electron chi connectivity index (χ0n) is 16.1. The van der Waals surface area contributed by atoms with Crippen LogP contribution >= 0.6 is 27.7 Å². The summed E-state index contributed by atoms with van der Waals surface area (Å²) in [5.41, 5.74) is 4.04. The van der Waals surface area contributed by atoms with E-state index in [9.17, 15) is 0 Å². The highest BCUT2D eigenvalue weighted by Gasteiger charge is 2.44. The fourth-order valence-electron chi connectivity index (χ4n) is 5.46. The van der Waals surface area contributed by atoms with Gasteiger partial charge in [-0.25, -0.2) is 0 Å². The second-order valence-electron chi connectivity index (χ2n) is 8.37. The Labute approximate surface area is 184 Å². The molecule has 0 N–H and O–H groups in total. The maximum Gasteiger partial charge on any atom is 0.0947 e. The van der Waals surface area contributed by atoms with Gasteiger partial charge >= 0.3 is 0 Å². The molecule has 0 saturated carbocycles. The van der Waals surface area contributed by atoms with Crippen LogP contribution in [0.2, 0.25) is 0 Å². The number of halogens is 1. The maximum absolute atomic E-state index is 5.31. The van der Waals surface area contributed by atoms with Gasteiger partial charge in [0.15, 0.2) is 0 Å². The van der Waals surface area contributed by atoms with Gasteiger partial charge in [-0.2, -0.15) is 0 Å². The molecule has 148 valence electrons. The normalized spacial score (nSPS) is 25.7. The molecule has 2 bridgehead atoms. The monoisotopic (exact) mass is 466 g/mol. The lowest BCUT2D eigenvalue weighted by Gasteiger charge is -2.46. The van der Waals surface area contributed by atoms with E-state index in [0.717, 1.165) is 11.0 Å². The summed E-state index contributed by atoms with van der Waals surface area (Å²) in [6.45, 7) is 1.02. The molecule has 0 aliphatic carbocycles. The van der Waals surface area contributed by atoms with Crippen molar-refractivity contribution >= 4 is 39.1 Å². The first-order valence-corrected chi connectivity index (χ1v) is 12.0. The highest BCUT2D eigenvalue weighted by molar-refractivity contribution is 9.10. The number of para-hydroxylation sites is 1. The molecule has 3 aromatic rings. The fraction of sp³-hybridized carbons (Fsp3) is 0.333. The van der Waals surface area contributed by atoms with E-state index in [4.69, 9.17) is 4.42 Å². The Morgan fingerprint density at radius 3 is 2.52 bits per heavy atom. The van der Waals surface area contributed by atoms with Crippen molar-refractivity contribution in [1.29, 1.82) is 0 Å². The molecule has 4 heterocycles. The van der Waals surface area contributed by atoms with Crippen LogP contribution in [0.15, 0.2) is 79.7 Å². The highest BCUT2D eigenvalue weighted by Crippen LogP contribution is 2.52. The van der Waals surface area contributed by atoms with Crippen molar-refractivity contribution in [2.24, 2.45) is 0 Å². The molecule has 2 unspecified atom stereocenters. The fourth-order valence-corrected chi connectivity index (χ4v) is 7.08. The Hall–Kier alpha value is -1.69. The Balaban J connectivity index is 1.34. The second-order valence-corrected chi connectivity index (χ2v) is 10.4. The summed E-state index contributed by atoms with van der Waals surface area (Å²) < 4.78 is 6.46. The van der Waals surface area contributed by atoms with Gasteiger partial charge in [-0.05, 0) is 62.1 Å². The zero-order chi connectivity index (χ0) is 19.4. The molecule has 3 aliphatic rings. The van der Waals surface area contributed by atoms with Crippen LogP contribution in [-0.2, 0) is 6.54 Å². The first-order chi connectivity index (χ1) is 14.3. The van der Waals surface area contributed by atoms with E-state index in [0.29, 0.717) is 18.1 Å². The van der Waals surface area contributed by atoms with E-state index in [2.05, 4.69) is 74.3 Å². The van der Waals surface area contributed by atoms with Gasteiger partial charge in [0.1, 0.15) is 0 Å². The molecule has 2 atom stereocenters. The van der Waals surface area contributed by atoms with E-state index in [-0.39, 0.29) is 0 Å². The van der Waals surface area contributed by atoms with E-state index in [1.165, 1.54) is 52.4 Å². The maximum atomic E-state index is 5.31. The van der Waals surface area contributed by atoms with Gasteiger partial charge in [0.2, 0.25) is 0 Å². The van der Waals surface area contributed by atoms with E-state index in [1.54, 1.807) is 6.26 Å². The number of hydrogen-bond acceptors (Lipinski definition) is 4. The number of piperidine rings is 1. The molecule has 29 heavy (non-hydrogen) atoms. The van der Waals surface area contributed by atoms with Gasteiger partial charge in [-0.1, -0.05) is 39.8 Å². The van der Waals surface area contributed by atoms with Crippen LogP contribution < -0.4 is 4.90 Å². The predicted octanol–water partition coefficient (Wildman–Crippen LogP) is 6.84. The van der Waals surface area contributed by atoms with Crippen molar-refractivity contribution in [1.82, 2.24) is 4.90 Å². The largest absolute Gasteiger partial charge is 0.472 e. The number of hydrogen-bond donors (Lipinski definition) is 0. The second kappa shape index (κ2) is 7.22. The molecule has 2 fully saturated rings. The number of furan rings is 1. The van der Waals surface area contributed by atoms with E-state index < -0.39 is 0 Å². The molecule has 0 amide bonds. The van der Waals surface area contributed by atoms with Crippen LogP contribution in [-0.4, -0.2) is 23.0 Å². The topological polar surface area (TPSA) is 19.6 Å². The van der Waals surface area contributed by atoms with Crippen molar-refractivity contribution in [3.8, 4) is 0 Å². The molecule has 6 rings (SSSR count). The van der Waals surface area contributed by atoms with Crippen LogP contribution in [0, 0.1) is 0 Å².